The molecule has 0 fully saturated rings. The molecule has 0 radical (unpaired) electrons. The van der Waals surface area contributed by atoms with Gasteiger partial charge in [0.15, 0.2) is 5.78 Å². The number of rotatable bonds is 9. The van der Waals surface area contributed by atoms with Crippen molar-refractivity contribution in [1.82, 2.24) is 4.98 Å². The lowest BCUT2D eigenvalue weighted by Crippen LogP contribution is -1.94. The highest BCUT2D eigenvalue weighted by atomic mass is 16.5. The lowest BCUT2D eigenvalue weighted by Gasteiger charge is -2.11. The topological polar surface area (TPSA) is 57.7 Å². The first-order valence-corrected chi connectivity index (χ1v) is 10.0. The van der Waals surface area contributed by atoms with E-state index >= 15 is 0 Å². The van der Waals surface area contributed by atoms with Crippen LogP contribution in [0.25, 0.3) is 24.3 Å². The Morgan fingerprint density at radius 1 is 0.781 bits per heavy atom. The molecule has 0 bridgehead atoms. The number of nitrogens with zero attached hydrogens (tertiary/aromatic N) is 1. The normalized spacial score (nSPS) is 11.3. The van der Waals surface area contributed by atoms with Gasteiger partial charge in [-0.1, -0.05) is 30.4 Å². The third-order valence-electron chi connectivity index (χ3n) is 4.71. The van der Waals surface area contributed by atoms with Crippen LogP contribution in [-0.4, -0.2) is 32.1 Å². The van der Waals surface area contributed by atoms with Gasteiger partial charge in [0.1, 0.15) is 17.2 Å². The van der Waals surface area contributed by atoms with Crippen LogP contribution in [0.1, 0.15) is 22.3 Å². The average molecular weight is 428 g/mol. The summed E-state index contributed by atoms with van der Waals surface area (Å²) < 4.78 is 16.2. The first kappa shape index (κ1) is 22.6. The molecule has 0 aliphatic rings. The van der Waals surface area contributed by atoms with E-state index in [0.29, 0.717) is 11.5 Å². The van der Waals surface area contributed by atoms with Gasteiger partial charge in [-0.05, 0) is 65.3 Å². The number of allylic oxidation sites excluding steroid dienone is 2. The molecule has 1 aromatic heterocycles. The summed E-state index contributed by atoms with van der Waals surface area (Å²) in [5.74, 6) is 1.93. The first-order chi connectivity index (χ1) is 15.6. The monoisotopic (exact) mass is 427 g/mol. The van der Waals surface area contributed by atoms with Gasteiger partial charge in [0.05, 0.1) is 21.3 Å². The van der Waals surface area contributed by atoms with Crippen molar-refractivity contribution in [2.45, 2.75) is 0 Å². The zero-order valence-electron chi connectivity index (χ0n) is 18.3. The minimum atomic E-state index is -0.142. The molecule has 0 N–H and O–H groups in total. The molecule has 5 nitrogen and oxygen atoms in total. The average Bonchev–Trinajstić information content (AvgIpc) is 2.85. The van der Waals surface area contributed by atoms with E-state index in [0.717, 1.165) is 28.0 Å². The van der Waals surface area contributed by atoms with Crippen LogP contribution >= 0.6 is 0 Å². The molecule has 0 saturated heterocycles. The third kappa shape index (κ3) is 6.19. The van der Waals surface area contributed by atoms with Gasteiger partial charge in [-0.3, -0.25) is 9.78 Å². The summed E-state index contributed by atoms with van der Waals surface area (Å²) >= 11 is 0. The van der Waals surface area contributed by atoms with E-state index in [1.165, 1.54) is 12.2 Å². The Morgan fingerprint density at radius 3 is 2.19 bits per heavy atom. The van der Waals surface area contributed by atoms with Crippen molar-refractivity contribution in [1.29, 1.82) is 0 Å². The Morgan fingerprint density at radius 2 is 1.53 bits per heavy atom. The summed E-state index contributed by atoms with van der Waals surface area (Å²) in [6.07, 6.45) is 13.8. The van der Waals surface area contributed by atoms with Crippen molar-refractivity contribution in [2.24, 2.45) is 0 Å². The highest BCUT2D eigenvalue weighted by Gasteiger charge is 2.09. The quantitative estimate of drug-likeness (QED) is 0.330. The molecule has 0 unspecified atom stereocenters. The molecule has 0 atom stereocenters. The largest absolute Gasteiger partial charge is 0.497 e. The molecular formula is C27H25NO4. The van der Waals surface area contributed by atoms with Crippen LogP contribution < -0.4 is 14.2 Å². The van der Waals surface area contributed by atoms with Crippen molar-refractivity contribution in [3.05, 3.63) is 95.3 Å². The first-order valence-electron chi connectivity index (χ1n) is 10.0. The van der Waals surface area contributed by atoms with Gasteiger partial charge < -0.3 is 14.2 Å². The minimum Gasteiger partial charge on any atom is -0.497 e. The third-order valence-corrected chi connectivity index (χ3v) is 4.71. The van der Waals surface area contributed by atoms with E-state index in [2.05, 4.69) is 4.98 Å². The highest BCUT2D eigenvalue weighted by molar-refractivity contribution is 6.05. The Labute approximate surface area is 188 Å². The van der Waals surface area contributed by atoms with Gasteiger partial charge in [-0.25, -0.2) is 0 Å². The maximum Gasteiger partial charge on any atom is 0.178 e. The smallest absolute Gasteiger partial charge is 0.178 e. The molecular weight excluding hydrogens is 402 g/mol. The number of hydrogen-bond acceptors (Lipinski definition) is 5. The number of hydrogen-bond donors (Lipinski definition) is 0. The molecule has 0 amide bonds. The Balaban J connectivity index is 1.89. The van der Waals surface area contributed by atoms with Crippen LogP contribution in [0.4, 0.5) is 0 Å². The number of ketones is 1. The number of carbonyl (C=O) groups excluding carboxylic acids is 1. The molecule has 1 heterocycles. The van der Waals surface area contributed by atoms with Crippen molar-refractivity contribution in [3.63, 3.8) is 0 Å². The number of aromatic nitrogens is 1. The number of ether oxygens (including phenoxy) is 3. The Kier molecular flexibility index (Phi) is 7.98. The molecule has 2 aromatic carbocycles. The molecule has 3 rings (SSSR count). The molecule has 0 spiro atoms. The number of pyridine rings is 1. The maximum absolute atomic E-state index is 12.4. The molecule has 3 aromatic rings. The second kappa shape index (κ2) is 11.3. The number of benzene rings is 2. The molecule has 0 aliphatic heterocycles. The molecule has 0 saturated carbocycles. The van der Waals surface area contributed by atoms with Gasteiger partial charge >= 0.3 is 0 Å². The second-order valence-corrected chi connectivity index (χ2v) is 6.79. The van der Waals surface area contributed by atoms with Gasteiger partial charge in [-0.2, -0.15) is 0 Å². The van der Waals surface area contributed by atoms with Gasteiger partial charge in [0, 0.05) is 24.0 Å². The zero-order valence-corrected chi connectivity index (χ0v) is 18.3. The second-order valence-electron chi connectivity index (χ2n) is 6.79. The fraction of sp³-hybridized carbons (Fsp3) is 0.111. The van der Waals surface area contributed by atoms with Crippen LogP contribution in [0.3, 0.4) is 0 Å². The van der Waals surface area contributed by atoms with Crippen molar-refractivity contribution < 1.29 is 19.0 Å². The van der Waals surface area contributed by atoms with Gasteiger partial charge in [0.2, 0.25) is 0 Å². The molecule has 0 aliphatic carbocycles. The molecule has 5 heteroatoms. The minimum absolute atomic E-state index is 0.142. The van der Waals surface area contributed by atoms with E-state index in [1.807, 2.05) is 54.6 Å². The molecule has 162 valence electrons. The highest BCUT2D eigenvalue weighted by Crippen LogP contribution is 2.31. The van der Waals surface area contributed by atoms with Crippen molar-refractivity contribution >= 4 is 30.1 Å². The Bertz CT molecular complexity index is 1130. The standard InChI is InChI=1S/C27H25NO4/c1-30-24-13-8-20(9-14-24)6-10-22-17-25(31-2)18-27(32-3)26(22)15-12-23(29)11-7-21-5-4-16-28-19-21/h4-19H,1-3H3/b10-6+,11-7+,15-12+. The van der Waals surface area contributed by atoms with E-state index in [9.17, 15) is 4.79 Å². The lowest BCUT2D eigenvalue weighted by molar-refractivity contribution is -0.110. The SMILES string of the molecule is COc1ccc(/C=C/c2cc(OC)cc(OC)c2/C=C/C(=O)/C=C/c2cccnc2)cc1. The Hall–Kier alpha value is -4.12. The summed E-state index contributed by atoms with van der Waals surface area (Å²) in [5, 5.41) is 0. The summed E-state index contributed by atoms with van der Waals surface area (Å²) in [5.41, 5.74) is 3.51. The van der Waals surface area contributed by atoms with Crippen molar-refractivity contribution in [3.8, 4) is 17.2 Å². The summed E-state index contributed by atoms with van der Waals surface area (Å²) in [6, 6.07) is 15.1. The van der Waals surface area contributed by atoms with E-state index in [1.54, 1.807) is 51.9 Å². The fourth-order valence-electron chi connectivity index (χ4n) is 3.00. The summed E-state index contributed by atoms with van der Waals surface area (Å²) in [6.45, 7) is 0. The molecule has 32 heavy (non-hydrogen) atoms. The van der Waals surface area contributed by atoms with E-state index < -0.39 is 0 Å². The fourth-order valence-corrected chi connectivity index (χ4v) is 3.00. The van der Waals surface area contributed by atoms with Crippen molar-refractivity contribution in [2.75, 3.05) is 21.3 Å². The van der Waals surface area contributed by atoms with E-state index in [-0.39, 0.29) is 5.78 Å². The van der Waals surface area contributed by atoms with Crippen LogP contribution in [0.2, 0.25) is 0 Å². The lowest BCUT2D eigenvalue weighted by atomic mass is 10.0. The predicted octanol–water partition coefficient (Wildman–Crippen LogP) is 5.57. The zero-order chi connectivity index (χ0) is 22.8. The summed E-state index contributed by atoms with van der Waals surface area (Å²) in [7, 11) is 4.83. The van der Waals surface area contributed by atoms with Crippen LogP contribution in [0.5, 0.6) is 17.2 Å². The summed E-state index contributed by atoms with van der Waals surface area (Å²) in [4.78, 5) is 16.4. The number of carbonyl (C=O) groups is 1. The van der Waals surface area contributed by atoms with Crippen LogP contribution in [0, 0.1) is 0 Å². The van der Waals surface area contributed by atoms with Crippen LogP contribution in [-0.2, 0) is 4.79 Å². The van der Waals surface area contributed by atoms with Gasteiger partial charge in [0.25, 0.3) is 0 Å². The van der Waals surface area contributed by atoms with Crippen LogP contribution in [0.15, 0.2) is 73.1 Å². The number of methoxy groups -OCH3 is 3. The van der Waals surface area contributed by atoms with E-state index in [4.69, 9.17) is 14.2 Å². The van der Waals surface area contributed by atoms with Gasteiger partial charge in [-0.15, -0.1) is 0 Å². The predicted molar refractivity (Wildman–Crippen MR) is 129 cm³/mol. The maximum atomic E-state index is 12.4.